The number of rotatable bonds is 5. The van der Waals surface area contributed by atoms with Crippen LogP contribution in [0.25, 0.3) is 0 Å². The van der Waals surface area contributed by atoms with Gasteiger partial charge >= 0.3 is 0 Å². The van der Waals surface area contributed by atoms with E-state index in [-0.39, 0.29) is 28.6 Å². The number of hydrogen-bond acceptors (Lipinski definition) is 2. The number of carbonyl (C=O) groups is 1. The molecule has 0 unspecified atom stereocenters. The van der Waals surface area contributed by atoms with Gasteiger partial charge in [0.1, 0.15) is 5.82 Å². The van der Waals surface area contributed by atoms with E-state index in [2.05, 4.69) is 0 Å². The molecular formula is C22H20ClFN2O2. The van der Waals surface area contributed by atoms with Crippen LogP contribution in [0.1, 0.15) is 28.4 Å². The Balaban J connectivity index is 1.96. The van der Waals surface area contributed by atoms with Gasteiger partial charge in [0.2, 0.25) is 0 Å². The van der Waals surface area contributed by atoms with E-state index in [1.807, 2.05) is 38.1 Å². The van der Waals surface area contributed by atoms with E-state index in [4.69, 9.17) is 11.6 Å². The zero-order chi connectivity index (χ0) is 20.3. The SMILES string of the molecule is CCN(C(=O)c1ccc(=O)n(Cc2c(F)cccc2Cl)c1)c1cccc(C)c1. The van der Waals surface area contributed by atoms with Crippen LogP contribution in [0.5, 0.6) is 0 Å². The summed E-state index contributed by atoms with van der Waals surface area (Å²) in [6.07, 6.45) is 1.45. The van der Waals surface area contributed by atoms with E-state index in [1.54, 1.807) is 11.0 Å². The lowest BCUT2D eigenvalue weighted by atomic mass is 10.1. The maximum atomic E-state index is 14.1. The van der Waals surface area contributed by atoms with Crippen molar-refractivity contribution in [3.63, 3.8) is 0 Å². The van der Waals surface area contributed by atoms with E-state index in [0.29, 0.717) is 12.1 Å². The summed E-state index contributed by atoms with van der Waals surface area (Å²) in [5.74, 6) is -0.729. The van der Waals surface area contributed by atoms with Gasteiger partial charge in [-0.2, -0.15) is 0 Å². The molecule has 0 radical (unpaired) electrons. The van der Waals surface area contributed by atoms with Gasteiger partial charge in [0.15, 0.2) is 0 Å². The summed E-state index contributed by atoms with van der Waals surface area (Å²) >= 11 is 6.07. The minimum Gasteiger partial charge on any atom is -0.310 e. The third-order valence-electron chi connectivity index (χ3n) is 4.50. The van der Waals surface area contributed by atoms with Crippen LogP contribution in [-0.4, -0.2) is 17.0 Å². The van der Waals surface area contributed by atoms with E-state index in [9.17, 15) is 14.0 Å². The molecule has 1 aromatic heterocycles. The molecule has 1 amide bonds. The average molecular weight is 399 g/mol. The number of hydrogen-bond donors (Lipinski definition) is 0. The van der Waals surface area contributed by atoms with Crippen molar-refractivity contribution in [2.45, 2.75) is 20.4 Å². The predicted octanol–water partition coefficient (Wildman–Crippen LogP) is 4.66. The highest BCUT2D eigenvalue weighted by Crippen LogP contribution is 2.21. The highest BCUT2D eigenvalue weighted by atomic mass is 35.5. The molecule has 144 valence electrons. The normalized spacial score (nSPS) is 10.7. The lowest BCUT2D eigenvalue weighted by molar-refractivity contribution is 0.0987. The molecule has 0 aliphatic heterocycles. The molecule has 0 saturated heterocycles. The molecule has 0 atom stereocenters. The third-order valence-corrected chi connectivity index (χ3v) is 4.85. The van der Waals surface area contributed by atoms with Crippen molar-refractivity contribution < 1.29 is 9.18 Å². The number of carbonyl (C=O) groups excluding carboxylic acids is 1. The van der Waals surface area contributed by atoms with Crippen molar-refractivity contribution in [1.82, 2.24) is 4.57 Å². The van der Waals surface area contributed by atoms with Crippen LogP contribution in [0.2, 0.25) is 5.02 Å². The molecule has 3 rings (SSSR count). The average Bonchev–Trinajstić information content (AvgIpc) is 2.67. The third kappa shape index (κ3) is 4.15. The molecule has 0 bridgehead atoms. The van der Waals surface area contributed by atoms with Crippen LogP contribution < -0.4 is 10.5 Å². The Morgan fingerprint density at radius 1 is 1.14 bits per heavy atom. The van der Waals surface area contributed by atoms with Gasteiger partial charge < -0.3 is 9.47 Å². The van der Waals surface area contributed by atoms with Crippen LogP contribution in [0, 0.1) is 12.7 Å². The number of amides is 1. The number of nitrogens with zero attached hydrogens (tertiary/aromatic N) is 2. The fraction of sp³-hybridized carbons (Fsp3) is 0.182. The maximum absolute atomic E-state index is 14.1. The first kappa shape index (κ1) is 19.8. The quantitative estimate of drug-likeness (QED) is 0.627. The fourth-order valence-corrected chi connectivity index (χ4v) is 3.25. The second kappa shape index (κ2) is 8.40. The topological polar surface area (TPSA) is 42.3 Å². The summed E-state index contributed by atoms with van der Waals surface area (Å²) in [5, 5.41) is 0.235. The second-order valence-electron chi connectivity index (χ2n) is 6.47. The largest absolute Gasteiger partial charge is 0.310 e. The van der Waals surface area contributed by atoms with Crippen molar-refractivity contribution in [2.24, 2.45) is 0 Å². The smallest absolute Gasteiger partial charge is 0.259 e. The van der Waals surface area contributed by atoms with Gasteiger partial charge in [0, 0.05) is 35.1 Å². The number of benzene rings is 2. The highest BCUT2D eigenvalue weighted by Gasteiger charge is 2.18. The summed E-state index contributed by atoms with van der Waals surface area (Å²) < 4.78 is 15.4. The minimum atomic E-state index is -0.494. The van der Waals surface area contributed by atoms with Crippen LogP contribution in [0.4, 0.5) is 10.1 Å². The molecule has 3 aromatic rings. The van der Waals surface area contributed by atoms with E-state index < -0.39 is 5.82 Å². The lowest BCUT2D eigenvalue weighted by Gasteiger charge is -2.22. The Kier molecular flexibility index (Phi) is 5.95. The second-order valence-corrected chi connectivity index (χ2v) is 6.88. The molecule has 0 fully saturated rings. The molecule has 1 heterocycles. The number of aryl methyl sites for hydroxylation is 1. The summed E-state index contributed by atoms with van der Waals surface area (Å²) in [6.45, 7) is 4.26. The Bertz CT molecular complexity index is 1060. The monoisotopic (exact) mass is 398 g/mol. The van der Waals surface area contributed by atoms with Gasteiger partial charge in [-0.15, -0.1) is 0 Å². The molecule has 0 aliphatic rings. The molecule has 0 aliphatic carbocycles. The van der Waals surface area contributed by atoms with Crippen molar-refractivity contribution in [2.75, 3.05) is 11.4 Å². The number of anilines is 1. The van der Waals surface area contributed by atoms with Crippen molar-refractivity contribution in [1.29, 1.82) is 0 Å². The molecular weight excluding hydrogens is 379 g/mol. The predicted molar refractivity (Wildman–Crippen MR) is 110 cm³/mol. The molecule has 4 nitrogen and oxygen atoms in total. The van der Waals surface area contributed by atoms with Gasteiger partial charge in [-0.25, -0.2) is 4.39 Å². The summed E-state index contributed by atoms with van der Waals surface area (Å²) in [6, 6.07) is 14.8. The standard InChI is InChI=1S/C22H20ClFN2O2/c1-3-26(17-7-4-6-15(2)12-17)22(28)16-10-11-21(27)25(13-16)14-18-19(23)8-5-9-20(18)24/h4-13H,3,14H2,1-2H3. The van der Waals surface area contributed by atoms with E-state index in [1.165, 1.54) is 35.0 Å². The number of pyridine rings is 1. The van der Waals surface area contributed by atoms with Crippen LogP contribution >= 0.6 is 11.6 Å². The summed E-state index contributed by atoms with van der Waals surface area (Å²) in [4.78, 5) is 26.9. The number of aromatic nitrogens is 1. The van der Waals surface area contributed by atoms with E-state index >= 15 is 0 Å². The lowest BCUT2D eigenvalue weighted by Crippen LogP contribution is -2.32. The van der Waals surface area contributed by atoms with Gasteiger partial charge in [-0.3, -0.25) is 9.59 Å². The molecule has 0 spiro atoms. The van der Waals surface area contributed by atoms with Crippen LogP contribution in [-0.2, 0) is 6.54 Å². The first-order chi connectivity index (χ1) is 13.4. The zero-order valence-electron chi connectivity index (χ0n) is 15.7. The Morgan fingerprint density at radius 3 is 2.57 bits per heavy atom. The van der Waals surface area contributed by atoms with E-state index in [0.717, 1.165) is 11.3 Å². The molecule has 6 heteroatoms. The first-order valence-corrected chi connectivity index (χ1v) is 9.30. The van der Waals surface area contributed by atoms with Gasteiger partial charge in [0.25, 0.3) is 11.5 Å². The summed E-state index contributed by atoms with van der Waals surface area (Å²) in [7, 11) is 0. The fourth-order valence-electron chi connectivity index (χ4n) is 3.03. The maximum Gasteiger partial charge on any atom is 0.259 e. The van der Waals surface area contributed by atoms with Crippen LogP contribution in [0.15, 0.2) is 65.6 Å². The Hall–Kier alpha value is -2.92. The van der Waals surface area contributed by atoms with Crippen molar-refractivity contribution in [3.8, 4) is 0 Å². The molecule has 2 aromatic carbocycles. The number of halogens is 2. The van der Waals surface area contributed by atoms with Crippen molar-refractivity contribution >= 4 is 23.2 Å². The van der Waals surface area contributed by atoms with Crippen molar-refractivity contribution in [3.05, 3.63) is 98.7 Å². The Morgan fingerprint density at radius 2 is 1.89 bits per heavy atom. The van der Waals surface area contributed by atoms with Gasteiger partial charge in [-0.1, -0.05) is 29.8 Å². The first-order valence-electron chi connectivity index (χ1n) is 8.92. The van der Waals surface area contributed by atoms with Crippen LogP contribution in [0.3, 0.4) is 0 Å². The minimum absolute atomic E-state index is 0.0535. The Labute approximate surface area is 167 Å². The zero-order valence-corrected chi connectivity index (χ0v) is 16.4. The van der Waals surface area contributed by atoms with Gasteiger partial charge in [0.05, 0.1) is 12.1 Å². The molecule has 28 heavy (non-hydrogen) atoms. The summed E-state index contributed by atoms with van der Waals surface area (Å²) in [5.41, 5.74) is 2.04. The van der Waals surface area contributed by atoms with Gasteiger partial charge in [-0.05, 0) is 49.7 Å². The molecule has 0 saturated carbocycles. The molecule has 0 N–H and O–H groups in total. The highest BCUT2D eigenvalue weighted by molar-refractivity contribution is 6.31.